The van der Waals surface area contributed by atoms with Crippen molar-refractivity contribution in [2.75, 3.05) is 6.61 Å². The van der Waals surface area contributed by atoms with Crippen LogP contribution >= 0.6 is 0 Å². The van der Waals surface area contributed by atoms with Crippen molar-refractivity contribution in [1.29, 1.82) is 0 Å². The SMILES string of the molecule is C#CC[C@@H](OCC=C)[C@@H](CCCCC)OCc1ccccc1. The zero-order valence-corrected chi connectivity index (χ0v) is 13.7. The van der Waals surface area contributed by atoms with E-state index >= 15 is 0 Å². The Kier molecular flexibility index (Phi) is 10.1. The highest BCUT2D eigenvalue weighted by molar-refractivity contribution is 5.13. The Labute approximate surface area is 135 Å². The zero-order valence-electron chi connectivity index (χ0n) is 13.7. The van der Waals surface area contributed by atoms with Gasteiger partial charge in [0.2, 0.25) is 0 Å². The number of hydrogen-bond donors (Lipinski definition) is 0. The van der Waals surface area contributed by atoms with Gasteiger partial charge in [0.05, 0.1) is 25.4 Å². The maximum atomic E-state index is 6.13. The van der Waals surface area contributed by atoms with Crippen LogP contribution in [0.15, 0.2) is 43.0 Å². The molecule has 2 heteroatoms. The molecule has 0 saturated heterocycles. The van der Waals surface area contributed by atoms with E-state index in [4.69, 9.17) is 15.9 Å². The van der Waals surface area contributed by atoms with E-state index in [2.05, 4.69) is 31.6 Å². The Morgan fingerprint density at radius 2 is 1.95 bits per heavy atom. The van der Waals surface area contributed by atoms with Crippen molar-refractivity contribution in [3.63, 3.8) is 0 Å². The lowest BCUT2D eigenvalue weighted by atomic mass is 10.0. The zero-order chi connectivity index (χ0) is 16.0. The fraction of sp³-hybridized carbons (Fsp3) is 0.500. The van der Waals surface area contributed by atoms with Crippen LogP contribution in [0.1, 0.15) is 44.6 Å². The largest absolute Gasteiger partial charge is 0.371 e. The standard InChI is InChI=1S/C20H28O2/c1-4-7-9-15-20(19(12-5-2)21-16-6-3)22-17-18-13-10-8-11-14-18/h2,6,8,10-11,13-14,19-20H,3-4,7,9,12,15-17H2,1H3/t19-,20-/m1/s1. The summed E-state index contributed by atoms with van der Waals surface area (Å²) < 4.78 is 12.0. The molecule has 0 aliphatic heterocycles. The Morgan fingerprint density at radius 3 is 2.59 bits per heavy atom. The third kappa shape index (κ3) is 7.45. The Bertz CT molecular complexity index is 433. The van der Waals surface area contributed by atoms with E-state index in [9.17, 15) is 0 Å². The van der Waals surface area contributed by atoms with Crippen LogP contribution in [0, 0.1) is 12.3 Å². The average molecular weight is 300 g/mol. The summed E-state index contributed by atoms with van der Waals surface area (Å²) in [6, 6.07) is 10.2. The Hall–Kier alpha value is -1.56. The van der Waals surface area contributed by atoms with Gasteiger partial charge in [-0.15, -0.1) is 18.9 Å². The second kappa shape index (κ2) is 12.0. The van der Waals surface area contributed by atoms with Gasteiger partial charge >= 0.3 is 0 Å². The van der Waals surface area contributed by atoms with Gasteiger partial charge in [-0.3, -0.25) is 0 Å². The molecule has 120 valence electrons. The molecule has 22 heavy (non-hydrogen) atoms. The number of ether oxygens (including phenoxy) is 2. The molecule has 0 spiro atoms. The normalized spacial score (nSPS) is 13.3. The number of hydrogen-bond acceptors (Lipinski definition) is 2. The van der Waals surface area contributed by atoms with Gasteiger partial charge in [-0.25, -0.2) is 0 Å². The highest BCUT2D eigenvalue weighted by Gasteiger charge is 2.22. The number of rotatable bonds is 12. The minimum Gasteiger partial charge on any atom is -0.371 e. The molecule has 0 saturated carbocycles. The maximum Gasteiger partial charge on any atom is 0.0949 e. The van der Waals surface area contributed by atoms with Gasteiger partial charge < -0.3 is 9.47 Å². The monoisotopic (exact) mass is 300 g/mol. The van der Waals surface area contributed by atoms with Crippen molar-refractivity contribution in [2.24, 2.45) is 0 Å². The lowest BCUT2D eigenvalue weighted by Crippen LogP contribution is -2.31. The van der Waals surface area contributed by atoms with Crippen LogP contribution in [0.2, 0.25) is 0 Å². The molecule has 0 N–H and O–H groups in total. The van der Waals surface area contributed by atoms with Crippen molar-refractivity contribution in [1.82, 2.24) is 0 Å². The van der Waals surface area contributed by atoms with Crippen LogP contribution in [-0.4, -0.2) is 18.8 Å². The first kappa shape index (κ1) is 18.5. The molecule has 0 aromatic heterocycles. The van der Waals surface area contributed by atoms with Crippen molar-refractivity contribution < 1.29 is 9.47 Å². The fourth-order valence-electron chi connectivity index (χ4n) is 2.36. The van der Waals surface area contributed by atoms with Crippen LogP contribution in [0.4, 0.5) is 0 Å². The average Bonchev–Trinajstić information content (AvgIpc) is 2.56. The molecule has 0 unspecified atom stereocenters. The Morgan fingerprint density at radius 1 is 1.18 bits per heavy atom. The summed E-state index contributed by atoms with van der Waals surface area (Å²) in [5.41, 5.74) is 1.17. The van der Waals surface area contributed by atoms with E-state index in [0.29, 0.717) is 19.6 Å². The Balaban J connectivity index is 2.62. The molecular formula is C20H28O2. The van der Waals surface area contributed by atoms with Crippen LogP contribution in [-0.2, 0) is 16.1 Å². The summed E-state index contributed by atoms with van der Waals surface area (Å²) in [6.45, 7) is 7.00. The molecule has 2 atom stereocenters. The first-order valence-corrected chi connectivity index (χ1v) is 8.13. The summed E-state index contributed by atoms with van der Waals surface area (Å²) in [6.07, 6.45) is 12.3. The molecule has 0 amide bonds. The molecule has 0 fully saturated rings. The summed E-state index contributed by atoms with van der Waals surface area (Å²) in [4.78, 5) is 0. The van der Waals surface area contributed by atoms with Gasteiger partial charge in [0.25, 0.3) is 0 Å². The quantitative estimate of drug-likeness (QED) is 0.315. The van der Waals surface area contributed by atoms with E-state index in [-0.39, 0.29) is 12.2 Å². The lowest BCUT2D eigenvalue weighted by Gasteiger charge is -2.26. The molecular weight excluding hydrogens is 272 g/mol. The topological polar surface area (TPSA) is 18.5 Å². The summed E-state index contributed by atoms with van der Waals surface area (Å²) in [7, 11) is 0. The van der Waals surface area contributed by atoms with Gasteiger partial charge in [0.15, 0.2) is 0 Å². The third-order valence-electron chi connectivity index (χ3n) is 3.56. The molecule has 0 radical (unpaired) electrons. The highest BCUT2D eigenvalue weighted by atomic mass is 16.5. The highest BCUT2D eigenvalue weighted by Crippen LogP contribution is 2.18. The van der Waals surface area contributed by atoms with Crippen LogP contribution in [0.3, 0.4) is 0 Å². The van der Waals surface area contributed by atoms with Gasteiger partial charge in [0, 0.05) is 6.42 Å². The lowest BCUT2D eigenvalue weighted by molar-refractivity contribution is -0.0746. The second-order valence-corrected chi connectivity index (χ2v) is 5.40. The first-order valence-electron chi connectivity index (χ1n) is 8.13. The third-order valence-corrected chi connectivity index (χ3v) is 3.56. The molecule has 0 aliphatic carbocycles. The van der Waals surface area contributed by atoms with Gasteiger partial charge in [0.1, 0.15) is 0 Å². The van der Waals surface area contributed by atoms with Gasteiger partial charge in [-0.2, -0.15) is 0 Å². The number of benzene rings is 1. The van der Waals surface area contributed by atoms with E-state index in [1.165, 1.54) is 18.4 Å². The van der Waals surface area contributed by atoms with E-state index in [1.54, 1.807) is 6.08 Å². The minimum atomic E-state index is -0.0661. The smallest absolute Gasteiger partial charge is 0.0949 e. The number of terminal acetylenes is 1. The predicted octanol–water partition coefficient (Wildman–Crippen LogP) is 4.75. The van der Waals surface area contributed by atoms with Crippen molar-refractivity contribution in [3.8, 4) is 12.3 Å². The van der Waals surface area contributed by atoms with E-state index in [0.717, 1.165) is 12.8 Å². The molecule has 1 rings (SSSR count). The van der Waals surface area contributed by atoms with Gasteiger partial charge in [-0.1, -0.05) is 62.6 Å². The van der Waals surface area contributed by atoms with Gasteiger partial charge in [-0.05, 0) is 12.0 Å². The van der Waals surface area contributed by atoms with Crippen molar-refractivity contribution in [2.45, 2.75) is 57.8 Å². The molecule has 1 aromatic rings. The van der Waals surface area contributed by atoms with E-state index < -0.39 is 0 Å². The van der Waals surface area contributed by atoms with Crippen LogP contribution in [0.5, 0.6) is 0 Å². The molecule has 0 bridgehead atoms. The maximum absolute atomic E-state index is 6.13. The fourth-order valence-corrected chi connectivity index (χ4v) is 2.36. The molecule has 0 aliphatic rings. The van der Waals surface area contributed by atoms with Crippen LogP contribution in [0.25, 0.3) is 0 Å². The molecule has 2 nitrogen and oxygen atoms in total. The second-order valence-electron chi connectivity index (χ2n) is 5.40. The summed E-state index contributed by atoms with van der Waals surface area (Å²) >= 11 is 0. The predicted molar refractivity (Wildman–Crippen MR) is 92.5 cm³/mol. The van der Waals surface area contributed by atoms with Crippen LogP contribution < -0.4 is 0 Å². The molecule has 0 heterocycles. The minimum absolute atomic E-state index is 0.0303. The number of unbranched alkanes of at least 4 members (excludes halogenated alkanes) is 2. The first-order chi connectivity index (χ1) is 10.8. The van der Waals surface area contributed by atoms with E-state index in [1.807, 2.05) is 18.2 Å². The van der Waals surface area contributed by atoms with Crippen molar-refractivity contribution >= 4 is 0 Å². The summed E-state index contributed by atoms with van der Waals surface area (Å²) in [5.74, 6) is 2.71. The molecule has 1 aromatic carbocycles. The summed E-state index contributed by atoms with van der Waals surface area (Å²) in [5, 5.41) is 0. The van der Waals surface area contributed by atoms with Crippen molar-refractivity contribution in [3.05, 3.63) is 48.6 Å².